The number of aliphatic hydroxyl groups excluding tert-OH is 1. The van der Waals surface area contributed by atoms with E-state index in [1.807, 2.05) is 72.8 Å². The predicted molar refractivity (Wildman–Crippen MR) is 191 cm³/mol. The standard InChI is InChI=1S/C39H49N5O4/c1-44(2)39(48)34(17-8-9-20-40)42-38(47)33(21-27-11-4-3-5-12-27)25-36(45)35(43-37(46)32-16-10-13-29(23-32)26-41)24-28-18-19-30-14-6-7-15-31(30)22-28/h3-7,10-16,18-19,22-23,33-36,45H,8-9,17,20-21,24-26,40-41H2,1-2H3,(H,42,47)(H,43,46)/t33-,34-,35+,36-/m0/s1. The van der Waals surface area contributed by atoms with Gasteiger partial charge in [0.15, 0.2) is 0 Å². The van der Waals surface area contributed by atoms with Crippen LogP contribution in [0.2, 0.25) is 0 Å². The van der Waals surface area contributed by atoms with Crippen molar-refractivity contribution in [1.82, 2.24) is 15.5 Å². The number of rotatable bonds is 17. The first kappa shape index (κ1) is 36.3. The fourth-order valence-corrected chi connectivity index (χ4v) is 5.98. The maximum atomic E-state index is 14.0. The molecule has 9 heteroatoms. The number of fused-ring (bicyclic) bond motifs is 1. The van der Waals surface area contributed by atoms with Crippen LogP contribution in [0, 0.1) is 5.92 Å². The van der Waals surface area contributed by atoms with E-state index >= 15 is 0 Å². The second kappa shape index (κ2) is 18.1. The highest BCUT2D eigenvalue weighted by molar-refractivity contribution is 5.94. The van der Waals surface area contributed by atoms with Gasteiger partial charge in [-0.2, -0.15) is 0 Å². The minimum absolute atomic E-state index is 0.0633. The van der Waals surface area contributed by atoms with E-state index in [0.717, 1.165) is 33.9 Å². The Bertz CT molecular complexity index is 1640. The number of likely N-dealkylation sites (N-methyl/N-ethyl adjacent to an activating group) is 1. The lowest BCUT2D eigenvalue weighted by atomic mass is 9.88. The maximum absolute atomic E-state index is 14.0. The van der Waals surface area contributed by atoms with E-state index in [1.165, 1.54) is 4.90 Å². The fourth-order valence-electron chi connectivity index (χ4n) is 5.98. The summed E-state index contributed by atoms with van der Waals surface area (Å²) >= 11 is 0. The summed E-state index contributed by atoms with van der Waals surface area (Å²) in [6, 6.07) is 29.4. The third kappa shape index (κ3) is 10.5. The van der Waals surface area contributed by atoms with E-state index in [1.54, 1.807) is 32.3 Å². The Balaban J connectivity index is 1.62. The molecule has 4 atom stereocenters. The van der Waals surface area contributed by atoms with Crippen LogP contribution < -0.4 is 22.1 Å². The van der Waals surface area contributed by atoms with Gasteiger partial charge in [-0.15, -0.1) is 0 Å². The van der Waals surface area contributed by atoms with Gasteiger partial charge in [0.25, 0.3) is 5.91 Å². The minimum atomic E-state index is -1.09. The molecule has 0 radical (unpaired) electrons. The number of carbonyl (C=O) groups excluding carboxylic acids is 3. The lowest BCUT2D eigenvalue weighted by molar-refractivity contribution is -0.136. The smallest absolute Gasteiger partial charge is 0.251 e. The highest BCUT2D eigenvalue weighted by Gasteiger charge is 2.31. The molecule has 0 spiro atoms. The van der Waals surface area contributed by atoms with Crippen molar-refractivity contribution in [2.75, 3.05) is 20.6 Å². The molecule has 4 aromatic rings. The number of nitrogens with one attached hydrogen (secondary N) is 2. The molecule has 3 amide bonds. The van der Waals surface area contributed by atoms with Crippen molar-refractivity contribution in [3.8, 4) is 0 Å². The normalized spacial score (nSPS) is 13.7. The van der Waals surface area contributed by atoms with Crippen LogP contribution >= 0.6 is 0 Å². The summed E-state index contributed by atoms with van der Waals surface area (Å²) in [7, 11) is 3.33. The van der Waals surface area contributed by atoms with E-state index in [2.05, 4.69) is 16.7 Å². The van der Waals surface area contributed by atoms with Crippen molar-refractivity contribution in [3.63, 3.8) is 0 Å². The number of amides is 3. The van der Waals surface area contributed by atoms with Crippen LogP contribution in [-0.2, 0) is 29.0 Å². The largest absolute Gasteiger partial charge is 0.391 e. The van der Waals surface area contributed by atoms with Gasteiger partial charge in [0, 0.05) is 32.1 Å². The molecule has 0 bridgehead atoms. The lowest BCUT2D eigenvalue weighted by Gasteiger charge is -2.29. The molecule has 0 aliphatic carbocycles. The van der Waals surface area contributed by atoms with Gasteiger partial charge in [-0.1, -0.05) is 84.9 Å². The summed E-state index contributed by atoms with van der Waals surface area (Å²) in [5, 5.41) is 20.1. The lowest BCUT2D eigenvalue weighted by Crippen LogP contribution is -2.50. The molecule has 254 valence electrons. The average Bonchev–Trinajstić information content (AvgIpc) is 3.10. The molecule has 0 fully saturated rings. The van der Waals surface area contributed by atoms with E-state index < -0.39 is 24.1 Å². The van der Waals surface area contributed by atoms with E-state index in [0.29, 0.717) is 44.3 Å². The van der Waals surface area contributed by atoms with Crippen LogP contribution in [0.25, 0.3) is 10.8 Å². The number of unbranched alkanes of at least 4 members (excludes halogenated alkanes) is 1. The zero-order valence-corrected chi connectivity index (χ0v) is 28.0. The number of nitrogens with zero attached hydrogens (tertiary/aromatic N) is 1. The van der Waals surface area contributed by atoms with Gasteiger partial charge in [0.05, 0.1) is 12.1 Å². The van der Waals surface area contributed by atoms with E-state index in [-0.39, 0.29) is 24.1 Å². The molecule has 0 heterocycles. The molecule has 0 saturated heterocycles. The van der Waals surface area contributed by atoms with Gasteiger partial charge in [0.1, 0.15) is 6.04 Å². The average molecular weight is 652 g/mol. The van der Waals surface area contributed by atoms with Crippen LogP contribution in [0.5, 0.6) is 0 Å². The van der Waals surface area contributed by atoms with Crippen molar-refractivity contribution in [1.29, 1.82) is 0 Å². The fraction of sp³-hybridized carbons (Fsp3) is 0.359. The molecular weight excluding hydrogens is 602 g/mol. The van der Waals surface area contributed by atoms with Gasteiger partial charge >= 0.3 is 0 Å². The summed E-state index contributed by atoms with van der Waals surface area (Å²) in [6.45, 7) is 0.796. The van der Waals surface area contributed by atoms with Crippen LogP contribution in [0.3, 0.4) is 0 Å². The number of nitrogens with two attached hydrogens (primary N) is 2. The summed E-state index contributed by atoms with van der Waals surface area (Å²) in [6.07, 6.45) is 1.57. The molecule has 0 unspecified atom stereocenters. The van der Waals surface area contributed by atoms with Crippen LogP contribution in [0.4, 0.5) is 0 Å². The second-order valence-electron chi connectivity index (χ2n) is 12.6. The summed E-state index contributed by atoms with van der Waals surface area (Å²) < 4.78 is 0. The van der Waals surface area contributed by atoms with Gasteiger partial charge in [0.2, 0.25) is 11.8 Å². The molecule has 0 aromatic heterocycles. The Morgan fingerprint density at radius 2 is 1.46 bits per heavy atom. The molecular formula is C39H49N5O4. The number of benzene rings is 4. The maximum Gasteiger partial charge on any atom is 0.251 e. The second-order valence-corrected chi connectivity index (χ2v) is 12.6. The Morgan fingerprint density at radius 1 is 0.750 bits per heavy atom. The van der Waals surface area contributed by atoms with Crippen LogP contribution in [-0.4, -0.2) is 66.6 Å². The van der Waals surface area contributed by atoms with Crippen LogP contribution in [0.1, 0.15) is 52.7 Å². The molecule has 0 aliphatic heterocycles. The van der Waals surface area contributed by atoms with Gasteiger partial charge in [-0.3, -0.25) is 14.4 Å². The molecule has 7 N–H and O–H groups in total. The van der Waals surface area contributed by atoms with Crippen molar-refractivity contribution in [2.24, 2.45) is 17.4 Å². The van der Waals surface area contributed by atoms with Gasteiger partial charge in [-0.25, -0.2) is 0 Å². The predicted octanol–water partition coefficient (Wildman–Crippen LogP) is 3.95. The number of carbonyl (C=O) groups is 3. The highest BCUT2D eigenvalue weighted by atomic mass is 16.3. The molecule has 4 rings (SSSR count). The molecule has 0 aliphatic rings. The number of hydrogen-bond acceptors (Lipinski definition) is 6. The molecule has 0 saturated carbocycles. The van der Waals surface area contributed by atoms with Crippen LogP contribution in [0.15, 0.2) is 97.1 Å². The zero-order valence-electron chi connectivity index (χ0n) is 28.0. The first-order valence-corrected chi connectivity index (χ1v) is 16.7. The highest BCUT2D eigenvalue weighted by Crippen LogP contribution is 2.22. The van der Waals surface area contributed by atoms with Gasteiger partial charge < -0.3 is 32.1 Å². The van der Waals surface area contributed by atoms with E-state index in [9.17, 15) is 19.5 Å². The topological polar surface area (TPSA) is 151 Å². The number of hydrogen-bond donors (Lipinski definition) is 5. The molecule has 48 heavy (non-hydrogen) atoms. The van der Waals surface area contributed by atoms with Gasteiger partial charge in [-0.05, 0) is 84.7 Å². The van der Waals surface area contributed by atoms with Crippen molar-refractivity contribution < 1.29 is 19.5 Å². The third-order valence-corrected chi connectivity index (χ3v) is 8.70. The summed E-state index contributed by atoms with van der Waals surface area (Å²) in [5.41, 5.74) is 14.6. The van der Waals surface area contributed by atoms with Crippen molar-refractivity contribution in [3.05, 3.63) is 119 Å². The summed E-state index contributed by atoms with van der Waals surface area (Å²) in [4.78, 5) is 42.1. The SMILES string of the molecule is CN(C)C(=O)[C@H](CCCCN)NC(=O)[C@@H](Cc1ccccc1)C[C@H](O)[C@@H](Cc1ccc2ccccc2c1)NC(=O)c1cccc(CN)c1. The quantitative estimate of drug-likeness (QED) is 0.109. The summed E-state index contributed by atoms with van der Waals surface area (Å²) in [5.74, 6) is -1.53. The van der Waals surface area contributed by atoms with Crippen molar-refractivity contribution in [2.45, 2.75) is 63.3 Å². The number of aliphatic hydroxyl groups is 1. The first-order chi connectivity index (χ1) is 23.2. The Kier molecular flexibility index (Phi) is 13.7. The minimum Gasteiger partial charge on any atom is -0.391 e. The van der Waals surface area contributed by atoms with E-state index in [4.69, 9.17) is 11.5 Å². The molecule has 9 nitrogen and oxygen atoms in total. The monoisotopic (exact) mass is 651 g/mol. The van der Waals surface area contributed by atoms with Crippen molar-refractivity contribution >= 4 is 28.5 Å². The third-order valence-electron chi connectivity index (χ3n) is 8.70. The Labute approximate surface area is 283 Å². The molecule has 4 aromatic carbocycles. The first-order valence-electron chi connectivity index (χ1n) is 16.7. The zero-order chi connectivity index (χ0) is 34.5. The Morgan fingerprint density at radius 3 is 2.17 bits per heavy atom. The Hall–Kier alpha value is -4.57.